The van der Waals surface area contributed by atoms with Crippen molar-refractivity contribution in [3.05, 3.63) is 69.8 Å². The fraction of sp³-hybridized carbons (Fsp3) is 0.516. The van der Waals surface area contributed by atoms with Crippen LogP contribution in [0.2, 0.25) is 5.02 Å². The molecule has 2 aliphatic heterocycles. The van der Waals surface area contributed by atoms with Gasteiger partial charge in [0.2, 0.25) is 0 Å². The van der Waals surface area contributed by atoms with E-state index in [2.05, 4.69) is 21.4 Å². The Bertz CT molecular complexity index is 1570. The number of aliphatic hydroxyl groups is 1. The molecule has 1 saturated carbocycles. The van der Waals surface area contributed by atoms with Gasteiger partial charge in [-0.1, -0.05) is 23.7 Å². The molecule has 2 aromatic rings. The van der Waals surface area contributed by atoms with Crippen LogP contribution in [-0.2, 0) is 26.5 Å². The number of aryl methyl sites for hydroxylation is 1. The van der Waals surface area contributed by atoms with Crippen molar-refractivity contribution in [1.29, 1.82) is 0 Å². The number of ether oxygens (including phenoxy) is 2. The molecule has 3 N–H and O–H groups in total. The van der Waals surface area contributed by atoms with Crippen LogP contribution in [0, 0.1) is 17.8 Å². The smallest absolute Gasteiger partial charge is 0.286 e. The Labute approximate surface area is 246 Å². The molecule has 1 amide bonds. The third-order valence-corrected chi connectivity index (χ3v) is 11.6. The maximum Gasteiger partial charge on any atom is 0.286 e. The molecule has 1 fully saturated rings. The number of nitrogens with two attached hydrogens (primary N) is 1. The van der Waals surface area contributed by atoms with Crippen molar-refractivity contribution < 1.29 is 23.6 Å². The third-order valence-electron chi connectivity index (χ3n) is 10.0. The summed E-state index contributed by atoms with van der Waals surface area (Å²) in [6, 6.07) is 11.5. The molecule has 2 aromatic carbocycles. The molecule has 0 aromatic heterocycles. The minimum atomic E-state index is -3.39. The van der Waals surface area contributed by atoms with Crippen molar-refractivity contribution in [3.63, 3.8) is 0 Å². The first-order valence-corrected chi connectivity index (χ1v) is 16.6. The Morgan fingerprint density at radius 1 is 1.24 bits per heavy atom. The lowest BCUT2D eigenvalue weighted by Crippen LogP contribution is -2.52. The van der Waals surface area contributed by atoms with Crippen molar-refractivity contribution in [3.8, 4) is 5.75 Å². The number of hydrogen-bond acceptors (Lipinski definition) is 6. The lowest BCUT2D eigenvalue weighted by molar-refractivity contribution is -0.0113. The van der Waals surface area contributed by atoms with E-state index in [0.29, 0.717) is 18.1 Å². The molecule has 218 valence electrons. The number of benzene rings is 2. The number of anilines is 1. The SMILES string of the molecule is CO[C@H]1C2=C[C@H](O)[C@H]2CS(N)(=O)=NC(=O)c2ccc3c(c2)N(C[C@@H]2CC[C@H]21)C[C@@]1(CCCc2cc(Cl)ccc21)CO3. The van der Waals surface area contributed by atoms with Gasteiger partial charge in [-0.2, -0.15) is 0 Å². The summed E-state index contributed by atoms with van der Waals surface area (Å²) in [6.07, 6.45) is 5.89. The van der Waals surface area contributed by atoms with Gasteiger partial charge in [0.05, 0.1) is 30.3 Å². The van der Waals surface area contributed by atoms with Crippen LogP contribution in [0.5, 0.6) is 5.75 Å². The van der Waals surface area contributed by atoms with E-state index in [1.807, 2.05) is 18.2 Å². The summed E-state index contributed by atoms with van der Waals surface area (Å²) in [7, 11) is -1.69. The number of hydrogen-bond donors (Lipinski definition) is 2. The second-order valence-electron chi connectivity index (χ2n) is 12.5. The largest absolute Gasteiger partial charge is 0.490 e. The maximum absolute atomic E-state index is 13.4. The first-order valence-electron chi connectivity index (χ1n) is 14.5. The number of rotatable bonds is 1. The minimum Gasteiger partial charge on any atom is -0.490 e. The minimum absolute atomic E-state index is 0.0882. The van der Waals surface area contributed by atoms with E-state index >= 15 is 0 Å². The molecule has 10 heteroatoms. The highest BCUT2D eigenvalue weighted by atomic mass is 35.5. The van der Waals surface area contributed by atoms with Crippen LogP contribution in [0.4, 0.5) is 5.69 Å². The Morgan fingerprint density at radius 3 is 2.85 bits per heavy atom. The van der Waals surface area contributed by atoms with Gasteiger partial charge in [0.15, 0.2) is 0 Å². The van der Waals surface area contributed by atoms with Crippen LogP contribution < -0.4 is 14.8 Å². The van der Waals surface area contributed by atoms with Gasteiger partial charge in [-0.3, -0.25) is 4.79 Å². The molecule has 1 spiro atoms. The summed E-state index contributed by atoms with van der Waals surface area (Å²) in [5, 5.41) is 17.4. The van der Waals surface area contributed by atoms with Gasteiger partial charge in [-0.05, 0) is 91.0 Å². The lowest BCUT2D eigenvalue weighted by atomic mass is 9.64. The molecule has 8 nitrogen and oxygen atoms in total. The summed E-state index contributed by atoms with van der Waals surface area (Å²) in [5.41, 5.74) is 4.42. The molecule has 0 saturated heterocycles. The van der Waals surface area contributed by atoms with E-state index in [9.17, 15) is 14.1 Å². The average Bonchev–Trinajstić information content (AvgIpc) is 3.08. The van der Waals surface area contributed by atoms with Crippen molar-refractivity contribution >= 4 is 33.1 Å². The number of fused-ring (bicyclic) bond motifs is 5. The van der Waals surface area contributed by atoms with Gasteiger partial charge in [-0.15, -0.1) is 4.36 Å². The number of nitrogens with zero attached hydrogens (tertiary/aromatic N) is 2. The fourth-order valence-electron chi connectivity index (χ4n) is 7.81. The molecule has 2 bridgehead atoms. The highest BCUT2D eigenvalue weighted by Crippen LogP contribution is 2.49. The average molecular weight is 598 g/mol. The molecule has 0 radical (unpaired) electrons. The second-order valence-corrected chi connectivity index (χ2v) is 14.8. The first-order chi connectivity index (χ1) is 19.7. The van der Waals surface area contributed by atoms with Gasteiger partial charge in [0.1, 0.15) is 15.7 Å². The Morgan fingerprint density at radius 2 is 2.10 bits per heavy atom. The molecule has 1 unspecified atom stereocenters. The number of carbonyl (C=O) groups excluding carboxylic acids is 1. The van der Waals surface area contributed by atoms with Crippen LogP contribution in [0.1, 0.15) is 47.2 Å². The summed E-state index contributed by atoms with van der Waals surface area (Å²) < 4.78 is 29.9. The third kappa shape index (κ3) is 4.70. The van der Waals surface area contributed by atoms with E-state index in [1.54, 1.807) is 19.3 Å². The lowest BCUT2D eigenvalue weighted by Gasteiger charge is -2.49. The molecular weight excluding hydrogens is 562 g/mol. The normalized spacial score (nSPS) is 36.1. The van der Waals surface area contributed by atoms with Gasteiger partial charge in [0, 0.05) is 42.1 Å². The van der Waals surface area contributed by atoms with Gasteiger partial charge in [-0.25, -0.2) is 9.35 Å². The molecule has 2 heterocycles. The van der Waals surface area contributed by atoms with Crippen molar-refractivity contribution in [2.45, 2.75) is 49.7 Å². The summed E-state index contributed by atoms with van der Waals surface area (Å²) in [4.78, 5) is 15.7. The number of aliphatic hydroxyl groups excluding tert-OH is 1. The number of halogens is 1. The summed E-state index contributed by atoms with van der Waals surface area (Å²) in [5.74, 6) is 0.152. The molecule has 7 atom stereocenters. The zero-order chi connectivity index (χ0) is 28.5. The molecule has 5 aliphatic rings. The Balaban J connectivity index is 1.34. The zero-order valence-corrected chi connectivity index (χ0v) is 24.7. The Kier molecular flexibility index (Phi) is 6.74. The molecule has 3 aliphatic carbocycles. The van der Waals surface area contributed by atoms with Gasteiger partial charge in [0.25, 0.3) is 5.91 Å². The first kappa shape index (κ1) is 27.4. The zero-order valence-electron chi connectivity index (χ0n) is 23.1. The quantitative estimate of drug-likeness (QED) is 0.475. The Hall–Kier alpha value is -2.43. The predicted octanol–water partition coefficient (Wildman–Crippen LogP) is 4.27. The highest BCUT2D eigenvalue weighted by Gasteiger charge is 2.48. The van der Waals surface area contributed by atoms with E-state index in [1.165, 1.54) is 11.1 Å². The predicted molar refractivity (Wildman–Crippen MR) is 159 cm³/mol. The van der Waals surface area contributed by atoms with Gasteiger partial charge >= 0.3 is 0 Å². The summed E-state index contributed by atoms with van der Waals surface area (Å²) >= 11 is 6.40. The standard InChI is InChI=1S/C31H36ClN3O5S/c1-39-29-22-7-4-20(22)14-35-16-31(10-2-3-18-11-21(32)6-8-25(18)31)17-40-28-9-5-19(12-26(28)35)30(37)34-41(33,38)15-24-23(29)13-27(24)36/h5-6,8-9,11-13,20,22,24,27,29,36H,2-4,7,10,14-17H2,1H3,(H2,33,34,37,38)/t20-,22+,24-,27-,29+,31-,41?/m0/s1. The van der Waals surface area contributed by atoms with Crippen LogP contribution in [0.15, 0.2) is 52.4 Å². The van der Waals surface area contributed by atoms with E-state index in [-0.39, 0.29) is 23.2 Å². The van der Waals surface area contributed by atoms with Crippen LogP contribution >= 0.6 is 11.6 Å². The second kappa shape index (κ2) is 10.1. The molecular formula is C31H36ClN3O5S. The molecule has 7 rings (SSSR count). The molecule has 41 heavy (non-hydrogen) atoms. The van der Waals surface area contributed by atoms with Crippen LogP contribution in [-0.4, -0.2) is 60.0 Å². The number of amides is 1. The summed E-state index contributed by atoms with van der Waals surface area (Å²) in [6.45, 7) is 2.05. The van der Waals surface area contributed by atoms with E-state index in [4.69, 9.17) is 26.2 Å². The number of methoxy groups -OCH3 is 1. The van der Waals surface area contributed by atoms with Crippen LogP contribution in [0.25, 0.3) is 0 Å². The van der Waals surface area contributed by atoms with Crippen molar-refractivity contribution in [1.82, 2.24) is 0 Å². The van der Waals surface area contributed by atoms with Gasteiger partial charge < -0.3 is 19.5 Å². The monoisotopic (exact) mass is 597 g/mol. The van der Waals surface area contributed by atoms with Crippen molar-refractivity contribution in [2.75, 3.05) is 37.5 Å². The van der Waals surface area contributed by atoms with E-state index in [0.717, 1.165) is 67.2 Å². The highest BCUT2D eigenvalue weighted by molar-refractivity contribution is 7.91. The van der Waals surface area contributed by atoms with E-state index < -0.39 is 27.8 Å². The topological polar surface area (TPSA) is 114 Å². The maximum atomic E-state index is 13.4. The van der Waals surface area contributed by atoms with Crippen molar-refractivity contribution in [2.24, 2.45) is 27.3 Å². The number of carbonyl (C=O) groups is 1. The fourth-order valence-corrected chi connectivity index (χ4v) is 9.37. The van der Waals surface area contributed by atoms with Crippen LogP contribution in [0.3, 0.4) is 0 Å².